The van der Waals surface area contributed by atoms with Gasteiger partial charge in [-0.15, -0.1) is 0 Å². The molecule has 9 aromatic carbocycles. The minimum absolute atomic E-state index is 0.00627. The van der Waals surface area contributed by atoms with Crippen LogP contribution in [0.3, 0.4) is 0 Å². The van der Waals surface area contributed by atoms with Crippen LogP contribution in [0.1, 0.15) is 136 Å². The summed E-state index contributed by atoms with van der Waals surface area (Å²) in [5.41, 5.74) is 10.7. The fraction of sp³-hybridized carbons (Fsp3) is 0.432. The van der Waals surface area contributed by atoms with Gasteiger partial charge in [-0.05, 0) is 241 Å². The van der Waals surface area contributed by atoms with Crippen LogP contribution in [0.15, 0.2) is 292 Å². The Morgan fingerprint density at radius 1 is 0.291 bits per heavy atom. The number of amides is 4. The topological polar surface area (TPSA) is 263 Å². The Labute approximate surface area is 835 Å². The van der Waals surface area contributed by atoms with Crippen molar-refractivity contribution >= 4 is 56.3 Å². The maximum Gasteiger partial charge on any atom is 0.234 e. The highest BCUT2D eigenvalue weighted by molar-refractivity contribution is 5.87. The molecular weight excluding hydrogens is 1760 g/mol. The van der Waals surface area contributed by atoms with Gasteiger partial charge in [0.05, 0.1) is 36.2 Å². The predicted molar refractivity (Wildman–Crippen MR) is 564 cm³/mol. The van der Waals surface area contributed by atoms with Gasteiger partial charge in [0.1, 0.15) is 55.4 Å². The molecule has 746 valence electrons. The summed E-state index contributed by atoms with van der Waals surface area (Å²) in [6, 6.07) is 93.2. The molecule has 4 fully saturated rings. The van der Waals surface area contributed by atoms with Crippen LogP contribution in [-0.4, -0.2) is 263 Å². The van der Waals surface area contributed by atoms with E-state index in [4.69, 9.17) is 14.2 Å². The first-order valence-corrected chi connectivity index (χ1v) is 51.9. The summed E-state index contributed by atoms with van der Waals surface area (Å²) in [7, 11) is 0. The number of carbonyl (C=O) groups is 4. The van der Waals surface area contributed by atoms with Crippen molar-refractivity contribution in [3.8, 4) is 17.2 Å². The zero-order chi connectivity index (χ0) is 97.5. The molecule has 12 aromatic rings. The second-order valence-electron chi connectivity index (χ2n) is 38.7. The van der Waals surface area contributed by atoms with Crippen molar-refractivity contribution < 1.29 is 48.7 Å². The Hall–Kier alpha value is -11.9. The average Bonchev–Trinajstić information content (AvgIpc) is 0.853. The fourth-order valence-corrected chi connectivity index (χ4v) is 19.9. The van der Waals surface area contributed by atoms with E-state index in [9.17, 15) is 34.5 Å². The predicted octanol–water partition coefficient (Wildman–Crippen LogP) is 16.0. The third kappa shape index (κ3) is 37.2. The second-order valence-corrected chi connectivity index (χ2v) is 38.7. The van der Waals surface area contributed by atoms with Gasteiger partial charge < -0.3 is 50.8 Å². The molecule has 4 aliphatic rings. The van der Waals surface area contributed by atoms with Gasteiger partial charge in [-0.1, -0.05) is 206 Å². The highest BCUT2D eigenvalue weighted by Gasteiger charge is 2.31. The smallest absolute Gasteiger partial charge is 0.234 e. The number of hydrogen-bond acceptors (Lipinski definition) is 19. The third-order valence-electron chi connectivity index (χ3n) is 27.7. The molecule has 6 heterocycles. The first-order valence-electron chi connectivity index (χ1n) is 51.9. The van der Waals surface area contributed by atoms with Crippen molar-refractivity contribution in [2.75, 3.05) is 138 Å². The molecule has 0 radical (unpaired) electrons. The highest BCUT2D eigenvalue weighted by atomic mass is 16.5. The Morgan fingerprint density at radius 2 is 0.560 bits per heavy atom. The van der Waals surface area contributed by atoms with E-state index in [0.717, 1.165) is 270 Å². The number of aliphatic hydroxyl groups is 3. The lowest BCUT2D eigenvalue weighted by molar-refractivity contribution is -0.127. The SMILES string of the molecule is O=C(CN1CCN(C[C@@H](O)COc2cccc3ncccc23)CC1)NC(CCCc1ccccc1)CCCc1ccccc1.O=C(CN1CCN(C[C@@H](O)COc2cccc3ncccc23)CC1)NC1CCC(C(=O)NC(CCCc2ccccc2)CCCc2ccccc2)CC1.O=C(CN1CCN(C[C@@H](O)COc2ccnc3ccccc23)CC1)NC(CCCc1ccccc1)CCCc1ccccc1. The number of pyridine rings is 3. The van der Waals surface area contributed by atoms with Gasteiger partial charge >= 0.3 is 0 Å². The molecule has 4 amide bonds. The maximum atomic E-state index is 13.5. The number of aryl methyl sites for hydroxylation is 6. The van der Waals surface area contributed by atoms with Gasteiger partial charge in [0.15, 0.2) is 0 Å². The molecule has 23 heteroatoms. The molecule has 23 nitrogen and oxygen atoms in total. The van der Waals surface area contributed by atoms with E-state index < -0.39 is 18.3 Å². The van der Waals surface area contributed by atoms with Crippen molar-refractivity contribution in [2.24, 2.45) is 5.92 Å². The van der Waals surface area contributed by atoms with E-state index in [2.05, 4.69) is 248 Å². The summed E-state index contributed by atoms with van der Waals surface area (Å²) >= 11 is 0. The molecule has 3 aliphatic heterocycles. The zero-order valence-electron chi connectivity index (χ0n) is 82.5. The van der Waals surface area contributed by atoms with Gasteiger partial charge in [-0.25, -0.2) is 0 Å². The fourth-order valence-electron chi connectivity index (χ4n) is 19.9. The number of aliphatic hydroxyl groups excluding tert-OH is 3. The Balaban J connectivity index is 0.000000169. The molecule has 16 rings (SSSR count). The third-order valence-corrected chi connectivity index (χ3v) is 27.7. The summed E-state index contributed by atoms with van der Waals surface area (Å²) in [6.07, 6.45) is 25.1. The van der Waals surface area contributed by atoms with E-state index in [1.165, 1.54) is 33.4 Å². The summed E-state index contributed by atoms with van der Waals surface area (Å²) in [4.78, 5) is 79.2. The normalized spacial score (nSPS) is 16.4. The van der Waals surface area contributed by atoms with Crippen LogP contribution in [0.2, 0.25) is 0 Å². The lowest BCUT2D eigenvalue weighted by atomic mass is 9.85. The summed E-state index contributed by atoms with van der Waals surface area (Å²) in [6.45, 7) is 13.2. The Morgan fingerprint density at radius 3 is 0.894 bits per heavy atom. The Kier molecular flexibility index (Phi) is 43.5. The number of carbonyl (C=O) groups excluding carboxylic acids is 4. The van der Waals surface area contributed by atoms with Crippen LogP contribution in [0.4, 0.5) is 0 Å². The summed E-state index contributed by atoms with van der Waals surface area (Å²) in [5, 5.41) is 48.3. The number of aromatic nitrogens is 3. The second kappa shape index (κ2) is 58.5. The molecule has 3 saturated heterocycles. The largest absolute Gasteiger partial charge is 0.490 e. The minimum atomic E-state index is -0.612. The highest BCUT2D eigenvalue weighted by Crippen LogP contribution is 2.30. The number of benzene rings is 9. The number of nitrogens with zero attached hydrogens (tertiary/aromatic N) is 9. The van der Waals surface area contributed by atoms with Crippen molar-refractivity contribution in [2.45, 2.75) is 184 Å². The summed E-state index contributed by atoms with van der Waals surface area (Å²) in [5.74, 6) is 2.67. The van der Waals surface area contributed by atoms with Crippen molar-refractivity contribution in [3.05, 3.63) is 325 Å². The van der Waals surface area contributed by atoms with E-state index in [0.29, 0.717) is 39.3 Å². The molecular formula is C118H149N13O10. The lowest BCUT2D eigenvalue weighted by Gasteiger charge is -2.35. The van der Waals surface area contributed by atoms with Gasteiger partial charge in [-0.2, -0.15) is 0 Å². The first-order chi connectivity index (χ1) is 69.2. The molecule has 0 bridgehead atoms. The van der Waals surface area contributed by atoms with Crippen LogP contribution in [0.25, 0.3) is 32.7 Å². The summed E-state index contributed by atoms with van der Waals surface area (Å²) < 4.78 is 17.9. The van der Waals surface area contributed by atoms with Gasteiger partial charge in [0.25, 0.3) is 0 Å². The van der Waals surface area contributed by atoms with Crippen LogP contribution >= 0.6 is 0 Å². The van der Waals surface area contributed by atoms with E-state index in [-0.39, 0.29) is 73.5 Å². The minimum Gasteiger partial charge on any atom is -0.490 e. The number of hydrogen-bond donors (Lipinski definition) is 7. The molecule has 141 heavy (non-hydrogen) atoms. The molecule has 1 aliphatic carbocycles. The van der Waals surface area contributed by atoms with Crippen LogP contribution < -0.4 is 35.5 Å². The molecule has 3 atom stereocenters. The van der Waals surface area contributed by atoms with E-state index in [1.54, 1.807) is 18.6 Å². The molecule has 7 N–H and O–H groups in total. The van der Waals surface area contributed by atoms with Gasteiger partial charge in [0.2, 0.25) is 23.6 Å². The Bertz CT molecular complexity index is 5230. The monoisotopic (exact) mass is 1910 g/mol. The molecule has 0 spiro atoms. The van der Waals surface area contributed by atoms with Crippen molar-refractivity contribution in [1.29, 1.82) is 0 Å². The van der Waals surface area contributed by atoms with Crippen LogP contribution in [0, 0.1) is 5.92 Å². The van der Waals surface area contributed by atoms with E-state index >= 15 is 0 Å². The number of piperazine rings is 3. The first kappa shape index (κ1) is 105. The van der Waals surface area contributed by atoms with Crippen LogP contribution in [0.5, 0.6) is 17.2 Å². The van der Waals surface area contributed by atoms with Gasteiger partial charge in [0, 0.05) is 163 Å². The number of nitrogens with one attached hydrogen (secondary N) is 4. The number of para-hydroxylation sites is 1. The standard InChI is InChI=1S/C44H57N5O4.2C37H46N4O3/c50-39(33-53-42-21-9-20-41-40(42)19-10-26-45-41)31-48-27-29-49(30-28-48)32-43(51)46-38-24-22-36(23-25-38)44(52)47-37(17-7-15-34-11-3-1-4-12-34)18-8-16-35-13-5-2-6-14-35;42-33(29-44-36-21-9-20-35-34(36)19-10-22-38-35)27-40-23-25-41(26-24-40)28-37(43)39-32(17-7-15-30-11-3-1-4-12-30)18-8-16-31-13-5-2-6-14-31;42-33(29-44-36-21-22-38-35-20-8-7-19-34(35)36)27-40-23-25-41(26-24-40)28-37(43)39-32(17-9-15-30-11-3-1-4-12-30)18-10-16-31-13-5-2-6-14-31/h1-6,9-14,19-21,26,36-39,50H,7-8,15-18,22-25,27-33H2,(H,46,51)(H,47,52);1-6,9-14,19-22,32-33,42H,7-8,15-18,23-29H2,(H,39,43);1-8,11-14,19-22,32-33,42H,9-10,15-18,23-29H2,(H,39,43)/t36?,38?,39-;2*33-/m111/s1. The molecule has 0 unspecified atom stereocenters. The van der Waals surface area contributed by atoms with E-state index in [1.807, 2.05) is 91.0 Å². The quantitative estimate of drug-likeness (QED) is 0.0187. The van der Waals surface area contributed by atoms with Crippen molar-refractivity contribution in [1.82, 2.24) is 65.6 Å². The van der Waals surface area contributed by atoms with Gasteiger partial charge in [-0.3, -0.25) is 63.5 Å². The lowest BCUT2D eigenvalue weighted by Crippen LogP contribution is -2.52. The number of ether oxygens (including phenoxy) is 3. The number of fused-ring (bicyclic) bond motifs is 3. The average molecular weight is 1910 g/mol. The van der Waals surface area contributed by atoms with Crippen LogP contribution in [-0.2, 0) is 57.7 Å². The molecule has 3 aromatic heterocycles. The zero-order valence-corrected chi connectivity index (χ0v) is 82.5. The number of rotatable bonds is 50. The van der Waals surface area contributed by atoms with Crippen molar-refractivity contribution in [3.63, 3.8) is 0 Å². The molecule has 1 saturated carbocycles. The maximum absolute atomic E-state index is 13.5. The number of β-amino-alcohol motifs (C(OH)–C–C–N with tert-alkyl or cyclic N) is 3.